The number of rotatable bonds is 33. The molecule has 42 heavy (non-hydrogen) atoms. The van der Waals surface area contributed by atoms with E-state index in [1.165, 1.54) is 103 Å². The molecule has 0 spiro atoms. The predicted molar refractivity (Wildman–Crippen MR) is 174 cm³/mol. The van der Waals surface area contributed by atoms with Crippen molar-refractivity contribution in [2.75, 3.05) is 33.0 Å². The molecule has 0 heterocycles. The Morgan fingerprint density at radius 2 is 1.19 bits per heavy atom. The Balaban J connectivity index is 3.99. The van der Waals surface area contributed by atoms with Crippen molar-refractivity contribution in [2.24, 2.45) is 5.73 Å². The highest BCUT2D eigenvalue weighted by molar-refractivity contribution is 7.47. The molecule has 0 aromatic heterocycles. The maximum absolute atomic E-state index is 12.3. The average molecular weight is 620 g/mol. The third kappa shape index (κ3) is 30.7. The normalized spacial score (nSPS) is 13.9. The fourth-order valence-electron chi connectivity index (χ4n) is 4.64. The second kappa shape index (κ2) is 31.7. The van der Waals surface area contributed by atoms with E-state index in [1.54, 1.807) is 0 Å². The smallest absolute Gasteiger partial charge is 0.457 e. The molecule has 0 rings (SSSR count). The Morgan fingerprint density at radius 3 is 1.74 bits per heavy atom. The van der Waals surface area contributed by atoms with Crippen LogP contribution in [0.2, 0.25) is 0 Å². The number of nitrogens with two attached hydrogens (primary N) is 1. The van der Waals surface area contributed by atoms with Crippen LogP contribution in [0.25, 0.3) is 0 Å². The summed E-state index contributed by atoms with van der Waals surface area (Å²) in [6.45, 7) is 4.84. The molecule has 0 fully saturated rings. The first-order valence-corrected chi connectivity index (χ1v) is 18.7. The molecule has 3 N–H and O–H groups in total. The van der Waals surface area contributed by atoms with Crippen molar-refractivity contribution in [3.63, 3.8) is 0 Å². The molecule has 0 aromatic rings. The van der Waals surface area contributed by atoms with Gasteiger partial charge in [0, 0.05) is 19.6 Å². The molecule has 2 unspecified atom stereocenters. The number of allylic oxidation sites excluding steroid dienone is 2. The van der Waals surface area contributed by atoms with Gasteiger partial charge in [0.25, 0.3) is 0 Å². The zero-order chi connectivity index (χ0) is 31.0. The van der Waals surface area contributed by atoms with Crippen LogP contribution in [-0.4, -0.2) is 49.9 Å². The van der Waals surface area contributed by atoms with Gasteiger partial charge in [0.2, 0.25) is 0 Å². The summed E-state index contributed by atoms with van der Waals surface area (Å²) in [4.78, 5) is 22.1. The second-order valence-electron chi connectivity index (χ2n) is 11.4. The van der Waals surface area contributed by atoms with Gasteiger partial charge in [-0.15, -0.1) is 0 Å². The summed E-state index contributed by atoms with van der Waals surface area (Å²) in [5.74, 6) is -0.342. The molecule has 0 aliphatic carbocycles. The van der Waals surface area contributed by atoms with Crippen LogP contribution < -0.4 is 5.73 Å². The first-order valence-electron chi connectivity index (χ1n) is 17.2. The van der Waals surface area contributed by atoms with Crippen molar-refractivity contribution in [2.45, 2.75) is 161 Å². The molecule has 0 aliphatic rings. The lowest BCUT2D eigenvalue weighted by molar-refractivity contribution is -0.154. The number of ether oxygens (including phenoxy) is 2. The lowest BCUT2D eigenvalue weighted by atomic mass is 10.1. The topological polar surface area (TPSA) is 117 Å². The van der Waals surface area contributed by atoms with E-state index in [9.17, 15) is 14.3 Å². The van der Waals surface area contributed by atoms with Gasteiger partial charge < -0.3 is 20.1 Å². The van der Waals surface area contributed by atoms with E-state index in [0.717, 1.165) is 32.1 Å². The lowest BCUT2D eigenvalue weighted by Gasteiger charge is -2.20. The van der Waals surface area contributed by atoms with Crippen LogP contribution in [0.3, 0.4) is 0 Å². The van der Waals surface area contributed by atoms with E-state index >= 15 is 0 Å². The monoisotopic (exact) mass is 619 g/mol. The van der Waals surface area contributed by atoms with E-state index in [1.807, 2.05) is 0 Å². The number of carbonyl (C=O) groups excluding carboxylic acids is 1. The fraction of sp³-hybridized carbons (Fsp3) is 0.909. The standard InChI is InChI=1S/C33H66NO7P/c1-3-5-7-9-11-12-13-14-15-16-17-18-19-20-21-23-25-28-38-30-32(31-40-42(36,37)39-29-27-34)41-33(35)26-24-22-10-8-6-4-2/h15-16,32H,3-14,17-31,34H2,1-2H3,(H,36,37)/b16-15-. The quantitative estimate of drug-likeness (QED) is 0.0323. The highest BCUT2D eigenvalue weighted by Crippen LogP contribution is 2.43. The number of hydrogen-bond acceptors (Lipinski definition) is 7. The van der Waals surface area contributed by atoms with E-state index in [-0.39, 0.29) is 32.3 Å². The number of phosphoric ester groups is 1. The largest absolute Gasteiger partial charge is 0.472 e. The maximum Gasteiger partial charge on any atom is 0.472 e. The van der Waals surface area contributed by atoms with Crippen LogP contribution in [-0.2, 0) is 27.9 Å². The lowest BCUT2D eigenvalue weighted by Crippen LogP contribution is -2.28. The van der Waals surface area contributed by atoms with Crippen LogP contribution >= 0.6 is 7.82 Å². The minimum Gasteiger partial charge on any atom is -0.457 e. The van der Waals surface area contributed by atoms with Crippen molar-refractivity contribution >= 4 is 13.8 Å². The molecule has 250 valence electrons. The van der Waals surface area contributed by atoms with Gasteiger partial charge in [-0.2, -0.15) is 0 Å². The molecule has 0 saturated heterocycles. The summed E-state index contributed by atoms with van der Waals surface area (Å²) in [7, 11) is -4.25. The number of carbonyl (C=O) groups is 1. The minimum absolute atomic E-state index is 0.0945. The predicted octanol–water partition coefficient (Wildman–Crippen LogP) is 9.19. The summed E-state index contributed by atoms with van der Waals surface area (Å²) < 4.78 is 33.0. The molecule has 0 saturated carbocycles. The summed E-state index contributed by atoms with van der Waals surface area (Å²) in [6.07, 6.45) is 29.6. The molecule has 8 nitrogen and oxygen atoms in total. The second-order valence-corrected chi connectivity index (χ2v) is 12.8. The van der Waals surface area contributed by atoms with E-state index in [4.69, 9.17) is 24.3 Å². The van der Waals surface area contributed by atoms with Crippen molar-refractivity contribution in [1.82, 2.24) is 0 Å². The summed E-state index contributed by atoms with van der Waals surface area (Å²) in [5, 5.41) is 0. The van der Waals surface area contributed by atoms with Crippen LogP contribution in [0.15, 0.2) is 12.2 Å². The third-order valence-electron chi connectivity index (χ3n) is 7.18. The summed E-state index contributed by atoms with van der Waals surface area (Å²) in [5.41, 5.74) is 5.32. The molecule has 0 bridgehead atoms. The molecular formula is C33H66NO7P. The molecular weight excluding hydrogens is 553 g/mol. The van der Waals surface area contributed by atoms with Crippen LogP contribution in [0.5, 0.6) is 0 Å². The Labute approximate surface area is 258 Å². The molecule has 0 radical (unpaired) electrons. The average Bonchev–Trinajstić information content (AvgIpc) is 2.97. The first-order chi connectivity index (χ1) is 20.4. The number of esters is 1. The van der Waals surface area contributed by atoms with Crippen molar-refractivity contribution in [3.8, 4) is 0 Å². The van der Waals surface area contributed by atoms with Crippen LogP contribution in [0, 0.1) is 0 Å². The Kier molecular flexibility index (Phi) is 31.1. The van der Waals surface area contributed by atoms with E-state index in [2.05, 4.69) is 26.0 Å². The highest BCUT2D eigenvalue weighted by Gasteiger charge is 2.25. The molecule has 0 aromatic carbocycles. The minimum atomic E-state index is -4.25. The van der Waals surface area contributed by atoms with Gasteiger partial charge in [-0.05, 0) is 38.5 Å². The fourth-order valence-corrected chi connectivity index (χ4v) is 5.40. The summed E-state index contributed by atoms with van der Waals surface area (Å²) in [6, 6.07) is 0. The molecule has 9 heteroatoms. The molecule has 2 atom stereocenters. The molecule has 0 aliphatic heterocycles. The third-order valence-corrected chi connectivity index (χ3v) is 8.17. The van der Waals surface area contributed by atoms with Gasteiger partial charge >= 0.3 is 13.8 Å². The zero-order valence-corrected chi connectivity index (χ0v) is 28.1. The van der Waals surface area contributed by atoms with Gasteiger partial charge in [0.15, 0.2) is 0 Å². The zero-order valence-electron chi connectivity index (χ0n) is 27.2. The van der Waals surface area contributed by atoms with Gasteiger partial charge in [0.1, 0.15) is 6.10 Å². The van der Waals surface area contributed by atoms with Gasteiger partial charge in [-0.1, -0.05) is 122 Å². The number of phosphoric acid groups is 1. The number of hydrogen-bond donors (Lipinski definition) is 2. The van der Waals surface area contributed by atoms with Crippen molar-refractivity contribution in [1.29, 1.82) is 0 Å². The Hall–Kier alpha value is -0.760. The van der Waals surface area contributed by atoms with Gasteiger partial charge in [-0.25, -0.2) is 4.57 Å². The van der Waals surface area contributed by atoms with Gasteiger partial charge in [0.05, 0.1) is 19.8 Å². The van der Waals surface area contributed by atoms with Crippen LogP contribution in [0.4, 0.5) is 0 Å². The van der Waals surface area contributed by atoms with E-state index in [0.29, 0.717) is 13.0 Å². The van der Waals surface area contributed by atoms with Gasteiger partial charge in [-0.3, -0.25) is 13.8 Å². The van der Waals surface area contributed by atoms with Crippen LogP contribution in [0.1, 0.15) is 155 Å². The maximum atomic E-state index is 12.3. The Morgan fingerprint density at radius 1 is 0.690 bits per heavy atom. The Bertz CT molecular complexity index is 662. The first kappa shape index (κ1) is 41.2. The summed E-state index contributed by atoms with van der Waals surface area (Å²) >= 11 is 0. The van der Waals surface area contributed by atoms with Crippen molar-refractivity contribution < 1.29 is 32.8 Å². The van der Waals surface area contributed by atoms with Crippen molar-refractivity contribution in [3.05, 3.63) is 12.2 Å². The SMILES string of the molecule is CCCCCCCCC/C=C\CCCCCCCCOCC(COP(=O)(O)OCCN)OC(=O)CCCCCCCC. The number of unbranched alkanes of at least 4 members (excludes halogenated alkanes) is 18. The van der Waals surface area contributed by atoms with E-state index < -0.39 is 13.9 Å². The molecule has 0 amide bonds. The highest BCUT2D eigenvalue weighted by atomic mass is 31.2.